The third kappa shape index (κ3) is 2.58. The Balaban J connectivity index is 2.17. The fraction of sp³-hybridized carbons (Fsp3) is 0.769. The van der Waals surface area contributed by atoms with Crippen molar-refractivity contribution in [2.75, 3.05) is 7.05 Å². The minimum absolute atomic E-state index is 0.424. The minimum atomic E-state index is 0.424. The summed E-state index contributed by atoms with van der Waals surface area (Å²) in [5.41, 5.74) is 1.29. The number of hydrogen-bond donors (Lipinski definition) is 1. The molecule has 0 aromatic carbocycles. The predicted octanol–water partition coefficient (Wildman–Crippen LogP) is 3.27. The van der Waals surface area contributed by atoms with E-state index < -0.39 is 0 Å². The first kappa shape index (κ1) is 13.1. The van der Waals surface area contributed by atoms with Crippen molar-refractivity contribution >= 4 is 15.9 Å². The molecule has 1 aromatic heterocycles. The van der Waals surface area contributed by atoms with Crippen LogP contribution in [-0.4, -0.2) is 16.8 Å². The topological polar surface area (TPSA) is 29.9 Å². The zero-order valence-corrected chi connectivity index (χ0v) is 12.5. The van der Waals surface area contributed by atoms with E-state index in [0.29, 0.717) is 6.04 Å². The Labute approximate surface area is 112 Å². The standard InChI is InChI=1S/C13H22BrN3/c1-4-9-5-6-10(7-9)12(15-2)13-11(14)8-16-17(13)3/h8-10,12,15H,4-7H2,1-3H3. The SMILES string of the molecule is CCC1CCC(C(NC)c2c(Br)cnn2C)C1. The van der Waals surface area contributed by atoms with Crippen molar-refractivity contribution < 1.29 is 0 Å². The van der Waals surface area contributed by atoms with Crippen LogP contribution in [0.3, 0.4) is 0 Å². The van der Waals surface area contributed by atoms with E-state index in [1.165, 1.54) is 31.4 Å². The maximum Gasteiger partial charge on any atom is 0.0695 e. The molecule has 0 saturated heterocycles. The second kappa shape index (κ2) is 5.53. The summed E-state index contributed by atoms with van der Waals surface area (Å²) in [5, 5.41) is 7.81. The van der Waals surface area contributed by atoms with Gasteiger partial charge in [0.25, 0.3) is 0 Å². The van der Waals surface area contributed by atoms with Gasteiger partial charge in [0.05, 0.1) is 22.4 Å². The van der Waals surface area contributed by atoms with Gasteiger partial charge in [-0.25, -0.2) is 0 Å². The lowest BCUT2D eigenvalue weighted by Crippen LogP contribution is -2.26. The molecule has 1 fully saturated rings. The van der Waals surface area contributed by atoms with E-state index in [0.717, 1.165) is 16.3 Å². The Morgan fingerprint density at radius 2 is 2.35 bits per heavy atom. The smallest absolute Gasteiger partial charge is 0.0695 e. The molecule has 3 unspecified atom stereocenters. The molecule has 0 bridgehead atoms. The van der Waals surface area contributed by atoms with Gasteiger partial charge in [-0.1, -0.05) is 19.8 Å². The first-order chi connectivity index (χ1) is 8.17. The van der Waals surface area contributed by atoms with Crippen LogP contribution < -0.4 is 5.32 Å². The zero-order chi connectivity index (χ0) is 12.4. The molecule has 1 aliphatic carbocycles. The summed E-state index contributed by atoms with van der Waals surface area (Å²) in [4.78, 5) is 0. The van der Waals surface area contributed by atoms with E-state index in [1.807, 2.05) is 17.9 Å². The van der Waals surface area contributed by atoms with Crippen LogP contribution in [-0.2, 0) is 7.05 Å². The molecule has 1 N–H and O–H groups in total. The van der Waals surface area contributed by atoms with Crippen LogP contribution in [0.2, 0.25) is 0 Å². The first-order valence-corrected chi connectivity index (χ1v) is 7.31. The lowest BCUT2D eigenvalue weighted by molar-refractivity contribution is 0.355. The summed E-state index contributed by atoms with van der Waals surface area (Å²) in [7, 11) is 4.08. The van der Waals surface area contributed by atoms with Crippen LogP contribution in [0.15, 0.2) is 10.7 Å². The average Bonchev–Trinajstić information content (AvgIpc) is 2.91. The Morgan fingerprint density at radius 3 is 2.82 bits per heavy atom. The lowest BCUT2D eigenvalue weighted by atomic mass is 9.93. The Bertz CT molecular complexity index is 355. The average molecular weight is 300 g/mol. The molecule has 3 nitrogen and oxygen atoms in total. The van der Waals surface area contributed by atoms with Gasteiger partial charge >= 0.3 is 0 Å². The van der Waals surface area contributed by atoms with Gasteiger partial charge in [0.15, 0.2) is 0 Å². The molecule has 1 aliphatic rings. The van der Waals surface area contributed by atoms with Gasteiger partial charge in [0, 0.05) is 7.05 Å². The van der Waals surface area contributed by atoms with Crippen molar-refractivity contribution in [1.29, 1.82) is 0 Å². The molecular formula is C13H22BrN3. The number of rotatable bonds is 4. The highest BCUT2D eigenvalue weighted by Crippen LogP contribution is 2.41. The van der Waals surface area contributed by atoms with Gasteiger partial charge in [-0.05, 0) is 47.7 Å². The number of nitrogens with zero attached hydrogens (tertiary/aromatic N) is 2. The largest absolute Gasteiger partial charge is 0.311 e. The fourth-order valence-corrected chi connectivity index (χ4v) is 3.75. The van der Waals surface area contributed by atoms with Crippen LogP contribution >= 0.6 is 15.9 Å². The maximum absolute atomic E-state index is 4.33. The van der Waals surface area contributed by atoms with Crippen LogP contribution in [0, 0.1) is 11.8 Å². The van der Waals surface area contributed by atoms with Crippen molar-refractivity contribution in [3.05, 3.63) is 16.4 Å². The van der Waals surface area contributed by atoms with Crippen LogP contribution in [0.25, 0.3) is 0 Å². The van der Waals surface area contributed by atoms with Gasteiger partial charge in [0.2, 0.25) is 0 Å². The first-order valence-electron chi connectivity index (χ1n) is 6.52. The molecule has 1 heterocycles. The predicted molar refractivity (Wildman–Crippen MR) is 73.8 cm³/mol. The third-order valence-electron chi connectivity index (χ3n) is 4.17. The molecule has 0 radical (unpaired) electrons. The van der Waals surface area contributed by atoms with Crippen molar-refractivity contribution in [3.8, 4) is 0 Å². The molecule has 1 saturated carbocycles. The van der Waals surface area contributed by atoms with Crippen molar-refractivity contribution in [1.82, 2.24) is 15.1 Å². The second-order valence-electron chi connectivity index (χ2n) is 5.12. The highest BCUT2D eigenvalue weighted by atomic mass is 79.9. The van der Waals surface area contributed by atoms with E-state index in [4.69, 9.17) is 0 Å². The molecule has 17 heavy (non-hydrogen) atoms. The summed E-state index contributed by atoms with van der Waals surface area (Å²) in [5.74, 6) is 1.67. The van der Waals surface area contributed by atoms with Crippen LogP contribution in [0.1, 0.15) is 44.3 Å². The summed E-state index contributed by atoms with van der Waals surface area (Å²) >= 11 is 3.61. The molecule has 96 valence electrons. The quantitative estimate of drug-likeness (QED) is 0.925. The Hall–Kier alpha value is -0.350. The highest BCUT2D eigenvalue weighted by Gasteiger charge is 2.32. The molecule has 0 aliphatic heterocycles. The highest BCUT2D eigenvalue weighted by molar-refractivity contribution is 9.10. The van der Waals surface area contributed by atoms with E-state index >= 15 is 0 Å². The van der Waals surface area contributed by atoms with E-state index in [9.17, 15) is 0 Å². The van der Waals surface area contributed by atoms with Gasteiger partial charge in [0.1, 0.15) is 0 Å². The summed E-state index contributed by atoms with van der Waals surface area (Å²) in [6.45, 7) is 2.31. The number of aryl methyl sites for hydroxylation is 1. The second-order valence-corrected chi connectivity index (χ2v) is 5.97. The van der Waals surface area contributed by atoms with Crippen molar-refractivity contribution in [3.63, 3.8) is 0 Å². The summed E-state index contributed by atoms with van der Waals surface area (Å²) in [6, 6.07) is 0.424. The molecule has 4 heteroatoms. The van der Waals surface area contributed by atoms with E-state index in [1.54, 1.807) is 0 Å². The lowest BCUT2D eigenvalue weighted by Gasteiger charge is -2.24. The van der Waals surface area contributed by atoms with E-state index in [2.05, 4.69) is 40.3 Å². The number of halogens is 1. The Morgan fingerprint density at radius 1 is 1.59 bits per heavy atom. The normalized spacial score (nSPS) is 26.4. The van der Waals surface area contributed by atoms with E-state index in [-0.39, 0.29) is 0 Å². The monoisotopic (exact) mass is 299 g/mol. The molecule has 1 aromatic rings. The van der Waals surface area contributed by atoms with Crippen LogP contribution in [0.4, 0.5) is 0 Å². The van der Waals surface area contributed by atoms with Gasteiger partial charge in [-0.3, -0.25) is 4.68 Å². The molecule has 0 spiro atoms. The Kier molecular flexibility index (Phi) is 4.26. The third-order valence-corrected chi connectivity index (χ3v) is 4.78. The zero-order valence-electron chi connectivity index (χ0n) is 10.9. The summed E-state index contributed by atoms with van der Waals surface area (Å²) < 4.78 is 3.11. The maximum atomic E-state index is 4.33. The molecule has 2 rings (SSSR count). The minimum Gasteiger partial charge on any atom is -0.311 e. The van der Waals surface area contributed by atoms with Crippen molar-refractivity contribution in [2.24, 2.45) is 18.9 Å². The van der Waals surface area contributed by atoms with Gasteiger partial charge in [-0.15, -0.1) is 0 Å². The number of aromatic nitrogens is 2. The van der Waals surface area contributed by atoms with Crippen LogP contribution in [0.5, 0.6) is 0 Å². The molecule has 3 atom stereocenters. The van der Waals surface area contributed by atoms with Gasteiger partial charge < -0.3 is 5.32 Å². The van der Waals surface area contributed by atoms with Gasteiger partial charge in [-0.2, -0.15) is 5.10 Å². The molecular weight excluding hydrogens is 278 g/mol. The number of hydrogen-bond acceptors (Lipinski definition) is 2. The summed E-state index contributed by atoms with van der Waals surface area (Å²) in [6.07, 6.45) is 7.28. The fourth-order valence-electron chi connectivity index (χ4n) is 3.15. The van der Waals surface area contributed by atoms with Crippen molar-refractivity contribution in [2.45, 2.75) is 38.6 Å². The molecule has 0 amide bonds. The number of nitrogens with one attached hydrogen (secondary N) is 1.